The van der Waals surface area contributed by atoms with E-state index in [1.165, 1.54) is 6.42 Å². The standard InChI is InChI=1S/C13H18FN/c1-9-6-10(4-5-11(9)14)8-15-12-7-13(12,2)3/h4-6,12,15H,7-8H2,1-3H3. The average Bonchev–Trinajstić information content (AvgIpc) is 2.77. The molecule has 0 spiro atoms. The van der Waals surface area contributed by atoms with Crippen molar-refractivity contribution in [2.24, 2.45) is 5.41 Å². The largest absolute Gasteiger partial charge is 0.309 e. The van der Waals surface area contributed by atoms with Gasteiger partial charge in [-0.1, -0.05) is 26.0 Å². The smallest absolute Gasteiger partial charge is 0.126 e. The first-order valence-corrected chi connectivity index (χ1v) is 5.47. The van der Waals surface area contributed by atoms with Crippen LogP contribution in [0.25, 0.3) is 0 Å². The number of rotatable bonds is 3. The topological polar surface area (TPSA) is 12.0 Å². The van der Waals surface area contributed by atoms with E-state index < -0.39 is 0 Å². The second kappa shape index (κ2) is 3.60. The number of nitrogens with one attached hydrogen (secondary N) is 1. The molecule has 1 aromatic rings. The van der Waals surface area contributed by atoms with Crippen molar-refractivity contribution < 1.29 is 4.39 Å². The molecule has 0 amide bonds. The Kier molecular flexibility index (Phi) is 2.55. The van der Waals surface area contributed by atoms with E-state index in [0.29, 0.717) is 11.5 Å². The van der Waals surface area contributed by atoms with E-state index >= 15 is 0 Å². The van der Waals surface area contributed by atoms with Crippen LogP contribution in [-0.2, 0) is 6.54 Å². The van der Waals surface area contributed by atoms with Crippen LogP contribution >= 0.6 is 0 Å². The summed E-state index contributed by atoms with van der Waals surface area (Å²) in [5.41, 5.74) is 2.34. The highest BCUT2D eigenvalue weighted by Gasteiger charge is 2.44. The summed E-state index contributed by atoms with van der Waals surface area (Å²) >= 11 is 0. The summed E-state index contributed by atoms with van der Waals surface area (Å²) in [6.07, 6.45) is 1.24. The van der Waals surface area contributed by atoms with Gasteiger partial charge in [-0.15, -0.1) is 0 Å². The van der Waals surface area contributed by atoms with Gasteiger partial charge in [-0.2, -0.15) is 0 Å². The van der Waals surface area contributed by atoms with Gasteiger partial charge in [0.2, 0.25) is 0 Å². The van der Waals surface area contributed by atoms with Gasteiger partial charge in [-0.25, -0.2) is 4.39 Å². The highest BCUT2D eigenvalue weighted by Crippen LogP contribution is 2.44. The average molecular weight is 207 g/mol. The molecule has 1 fully saturated rings. The number of aryl methyl sites for hydroxylation is 1. The van der Waals surface area contributed by atoms with Crippen molar-refractivity contribution in [1.29, 1.82) is 0 Å². The first-order valence-electron chi connectivity index (χ1n) is 5.47. The monoisotopic (exact) mass is 207 g/mol. The van der Waals surface area contributed by atoms with E-state index in [-0.39, 0.29) is 5.82 Å². The molecule has 0 aromatic heterocycles. The molecule has 1 unspecified atom stereocenters. The molecule has 15 heavy (non-hydrogen) atoms. The number of benzene rings is 1. The molecule has 1 aromatic carbocycles. The molecule has 1 atom stereocenters. The Morgan fingerprint density at radius 2 is 2.13 bits per heavy atom. The van der Waals surface area contributed by atoms with Crippen LogP contribution in [0.4, 0.5) is 4.39 Å². The van der Waals surface area contributed by atoms with Crippen molar-refractivity contribution in [1.82, 2.24) is 5.32 Å². The Balaban J connectivity index is 1.92. The second-order valence-electron chi connectivity index (χ2n) is 5.21. The molecular formula is C13H18FN. The zero-order valence-electron chi connectivity index (χ0n) is 9.60. The van der Waals surface area contributed by atoms with E-state index in [9.17, 15) is 4.39 Å². The Morgan fingerprint density at radius 1 is 1.47 bits per heavy atom. The summed E-state index contributed by atoms with van der Waals surface area (Å²) in [6.45, 7) is 7.18. The van der Waals surface area contributed by atoms with E-state index in [1.54, 1.807) is 13.0 Å². The Hall–Kier alpha value is -0.890. The number of hydrogen-bond acceptors (Lipinski definition) is 1. The minimum Gasteiger partial charge on any atom is -0.309 e. The summed E-state index contributed by atoms with van der Waals surface area (Å²) in [4.78, 5) is 0. The maximum atomic E-state index is 13.0. The molecule has 1 N–H and O–H groups in total. The molecule has 0 aliphatic heterocycles. The van der Waals surface area contributed by atoms with E-state index in [4.69, 9.17) is 0 Å². The molecule has 1 aliphatic rings. The van der Waals surface area contributed by atoms with Crippen molar-refractivity contribution in [2.75, 3.05) is 0 Å². The third-order valence-electron chi connectivity index (χ3n) is 3.29. The third kappa shape index (κ3) is 2.37. The molecule has 82 valence electrons. The maximum Gasteiger partial charge on any atom is 0.126 e. The molecule has 1 saturated carbocycles. The Morgan fingerprint density at radius 3 is 2.67 bits per heavy atom. The van der Waals surface area contributed by atoms with Crippen molar-refractivity contribution in [3.8, 4) is 0 Å². The summed E-state index contributed by atoms with van der Waals surface area (Å²) in [5.74, 6) is -0.120. The van der Waals surface area contributed by atoms with Crippen LogP contribution in [0.2, 0.25) is 0 Å². The first-order chi connectivity index (χ1) is 6.99. The van der Waals surface area contributed by atoms with Gasteiger partial charge < -0.3 is 5.32 Å². The minimum absolute atomic E-state index is 0.120. The molecule has 0 bridgehead atoms. The molecular weight excluding hydrogens is 189 g/mol. The SMILES string of the molecule is Cc1cc(CNC2CC2(C)C)ccc1F. The summed E-state index contributed by atoms with van der Waals surface area (Å²) < 4.78 is 13.0. The summed E-state index contributed by atoms with van der Waals surface area (Å²) in [7, 11) is 0. The molecule has 0 saturated heterocycles. The number of halogens is 1. The molecule has 2 rings (SSSR count). The fourth-order valence-corrected chi connectivity index (χ4v) is 1.87. The lowest BCUT2D eigenvalue weighted by Crippen LogP contribution is -2.19. The highest BCUT2D eigenvalue weighted by molar-refractivity contribution is 5.24. The van der Waals surface area contributed by atoms with Gasteiger partial charge in [-0.3, -0.25) is 0 Å². The van der Waals surface area contributed by atoms with E-state index in [1.807, 2.05) is 12.1 Å². The van der Waals surface area contributed by atoms with Crippen molar-refractivity contribution in [3.05, 3.63) is 35.1 Å². The predicted octanol–water partition coefficient (Wildman–Crippen LogP) is 3.02. The van der Waals surface area contributed by atoms with E-state index in [2.05, 4.69) is 19.2 Å². The fourth-order valence-electron chi connectivity index (χ4n) is 1.87. The lowest BCUT2D eigenvalue weighted by molar-refractivity contribution is 0.541. The highest BCUT2D eigenvalue weighted by atomic mass is 19.1. The van der Waals surface area contributed by atoms with Crippen LogP contribution in [0.5, 0.6) is 0 Å². The second-order valence-corrected chi connectivity index (χ2v) is 5.21. The van der Waals surface area contributed by atoms with Crippen LogP contribution in [0.1, 0.15) is 31.4 Å². The van der Waals surface area contributed by atoms with Crippen LogP contribution in [0.3, 0.4) is 0 Å². The normalized spacial score (nSPS) is 22.8. The van der Waals surface area contributed by atoms with Crippen molar-refractivity contribution in [3.63, 3.8) is 0 Å². The van der Waals surface area contributed by atoms with Gasteiger partial charge in [-0.05, 0) is 36.0 Å². The van der Waals surface area contributed by atoms with Gasteiger partial charge in [0.1, 0.15) is 5.82 Å². The van der Waals surface area contributed by atoms with Gasteiger partial charge in [0.15, 0.2) is 0 Å². The van der Waals surface area contributed by atoms with E-state index in [0.717, 1.165) is 17.7 Å². The van der Waals surface area contributed by atoms with Crippen LogP contribution in [-0.4, -0.2) is 6.04 Å². The van der Waals surface area contributed by atoms with Gasteiger partial charge in [0, 0.05) is 12.6 Å². The predicted molar refractivity (Wildman–Crippen MR) is 60.2 cm³/mol. The lowest BCUT2D eigenvalue weighted by atomic mass is 10.1. The number of hydrogen-bond donors (Lipinski definition) is 1. The Bertz CT molecular complexity index is 371. The first kappa shape index (κ1) is 10.6. The van der Waals surface area contributed by atoms with Gasteiger partial charge >= 0.3 is 0 Å². The Labute approximate surface area is 90.7 Å². The molecule has 2 heteroatoms. The molecule has 1 nitrogen and oxygen atoms in total. The molecule has 0 heterocycles. The molecule has 0 radical (unpaired) electrons. The summed E-state index contributed by atoms with van der Waals surface area (Å²) in [5, 5.41) is 3.49. The third-order valence-corrected chi connectivity index (χ3v) is 3.29. The van der Waals surface area contributed by atoms with Crippen molar-refractivity contribution in [2.45, 2.75) is 39.8 Å². The quantitative estimate of drug-likeness (QED) is 0.803. The van der Waals surface area contributed by atoms with Crippen LogP contribution < -0.4 is 5.32 Å². The van der Waals surface area contributed by atoms with Gasteiger partial charge in [0.25, 0.3) is 0 Å². The zero-order valence-corrected chi connectivity index (χ0v) is 9.60. The zero-order chi connectivity index (χ0) is 11.1. The van der Waals surface area contributed by atoms with Gasteiger partial charge in [0.05, 0.1) is 0 Å². The van der Waals surface area contributed by atoms with Crippen LogP contribution in [0.15, 0.2) is 18.2 Å². The van der Waals surface area contributed by atoms with Crippen LogP contribution in [0, 0.1) is 18.2 Å². The maximum absolute atomic E-state index is 13.0. The summed E-state index contributed by atoms with van der Waals surface area (Å²) in [6, 6.07) is 5.94. The van der Waals surface area contributed by atoms with Crippen molar-refractivity contribution >= 4 is 0 Å². The molecule has 1 aliphatic carbocycles. The fraction of sp³-hybridized carbons (Fsp3) is 0.538. The lowest BCUT2D eigenvalue weighted by Gasteiger charge is -2.07. The minimum atomic E-state index is -0.120.